The number of anilines is 2. The summed E-state index contributed by atoms with van der Waals surface area (Å²) < 4.78 is 27.3. The highest BCUT2D eigenvalue weighted by molar-refractivity contribution is 6.28. The SMILES string of the molecule is Cc1cc(F)c(Nc2nc(Cl)nc3nc[nH]c23)cc1F. The number of rotatable bonds is 2. The van der Waals surface area contributed by atoms with Gasteiger partial charge in [-0.05, 0) is 30.2 Å². The lowest BCUT2D eigenvalue weighted by Crippen LogP contribution is -2.00. The number of aromatic nitrogens is 4. The quantitative estimate of drug-likeness (QED) is 0.712. The van der Waals surface area contributed by atoms with Crippen molar-refractivity contribution < 1.29 is 8.78 Å². The lowest BCUT2D eigenvalue weighted by Gasteiger charge is -2.09. The number of nitrogens with zero attached hydrogens (tertiary/aromatic N) is 3. The lowest BCUT2D eigenvalue weighted by molar-refractivity contribution is 0.595. The predicted molar refractivity (Wildman–Crippen MR) is 71.1 cm³/mol. The smallest absolute Gasteiger partial charge is 0.226 e. The van der Waals surface area contributed by atoms with Crippen LogP contribution < -0.4 is 5.32 Å². The molecule has 0 amide bonds. The highest BCUT2D eigenvalue weighted by atomic mass is 35.5. The van der Waals surface area contributed by atoms with E-state index in [1.807, 2.05) is 0 Å². The first-order chi connectivity index (χ1) is 9.54. The monoisotopic (exact) mass is 295 g/mol. The minimum Gasteiger partial charge on any atom is -0.340 e. The minimum absolute atomic E-state index is 0.0416. The first-order valence-corrected chi connectivity index (χ1v) is 6.01. The van der Waals surface area contributed by atoms with E-state index < -0.39 is 11.6 Å². The molecule has 0 atom stereocenters. The van der Waals surface area contributed by atoms with Gasteiger partial charge in [-0.25, -0.2) is 13.8 Å². The molecule has 1 aromatic carbocycles. The maximum Gasteiger partial charge on any atom is 0.226 e. The van der Waals surface area contributed by atoms with Crippen LogP contribution >= 0.6 is 11.6 Å². The maximum atomic E-state index is 13.8. The van der Waals surface area contributed by atoms with Crippen LogP contribution in [0.5, 0.6) is 0 Å². The molecule has 2 heterocycles. The summed E-state index contributed by atoms with van der Waals surface area (Å²) in [6, 6.07) is 2.16. The first kappa shape index (κ1) is 12.7. The molecule has 0 radical (unpaired) electrons. The van der Waals surface area contributed by atoms with Crippen LogP contribution in [0.4, 0.5) is 20.3 Å². The fraction of sp³-hybridized carbons (Fsp3) is 0.0833. The van der Waals surface area contributed by atoms with E-state index in [0.717, 1.165) is 12.1 Å². The van der Waals surface area contributed by atoms with Crippen LogP contribution in [0.25, 0.3) is 11.2 Å². The molecule has 8 heteroatoms. The summed E-state index contributed by atoms with van der Waals surface area (Å²) in [4.78, 5) is 14.6. The van der Waals surface area contributed by atoms with Crippen molar-refractivity contribution in [1.82, 2.24) is 19.9 Å². The molecule has 0 unspecified atom stereocenters. The van der Waals surface area contributed by atoms with E-state index in [2.05, 4.69) is 25.3 Å². The Balaban J connectivity index is 2.09. The van der Waals surface area contributed by atoms with Gasteiger partial charge in [-0.1, -0.05) is 0 Å². The van der Waals surface area contributed by atoms with Crippen LogP contribution in [0.15, 0.2) is 18.5 Å². The van der Waals surface area contributed by atoms with Gasteiger partial charge in [0.2, 0.25) is 5.28 Å². The Morgan fingerprint density at radius 2 is 2.00 bits per heavy atom. The van der Waals surface area contributed by atoms with Crippen molar-refractivity contribution >= 4 is 34.3 Å². The number of H-pyrrole nitrogens is 1. The van der Waals surface area contributed by atoms with Gasteiger partial charge in [-0.15, -0.1) is 0 Å². The van der Waals surface area contributed by atoms with Crippen LogP contribution in [0, 0.1) is 18.6 Å². The standard InChI is InChI=1S/C12H8ClF2N5/c1-5-2-7(15)8(3-6(5)14)18-11-9-10(17-4-16-9)19-12(13)20-11/h2-4H,1H3,(H2,16,17,18,19,20). The highest BCUT2D eigenvalue weighted by Gasteiger charge is 2.13. The summed E-state index contributed by atoms with van der Waals surface area (Å²) >= 11 is 5.76. The third kappa shape index (κ3) is 2.16. The summed E-state index contributed by atoms with van der Waals surface area (Å²) in [5, 5.41) is 2.65. The van der Waals surface area contributed by atoms with Gasteiger partial charge in [-0.3, -0.25) is 0 Å². The Morgan fingerprint density at radius 3 is 2.80 bits per heavy atom. The number of aromatic amines is 1. The van der Waals surface area contributed by atoms with E-state index >= 15 is 0 Å². The zero-order valence-electron chi connectivity index (χ0n) is 10.2. The van der Waals surface area contributed by atoms with E-state index in [4.69, 9.17) is 11.6 Å². The fourth-order valence-corrected chi connectivity index (χ4v) is 1.93. The summed E-state index contributed by atoms with van der Waals surface area (Å²) in [5.74, 6) is -0.888. The average Bonchev–Trinajstić information content (AvgIpc) is 2.84. The number of aryl methyl sites for hydroxylation is 1. The molecule has 20 heavy (non-hydrogen) atoms. The van der Waals surface area contributed by atoms with Crippen LogP contribution in [-0.2, 0) is 0 Å². The van der Waals surface area contributed by atoms with Gasteiger partial charge < -0.3 is 10.3 Å². The number of hydrogen-bond donors (Lipinski definition) is 2. The Kier molecular flexibility index (Phi) is 2.98. The second-order valence-corrected chi connectivity index (χ2v) is 4.49. The molecule has 0 fully saturated rings. The van der Waals surface area contributed by atoms with Crippen molar-refractivity contribution in [3.05, 3.63) is 40.9 Å². The van der Waals surface area contributed by atoms with E-state index in [-0.39, 0.29) is 22.4 Å². The highest BCUT2D eigenvalue weighted by Crippen LogP contribution is 2.26. The second-order valence-electron chi connectivity index (χ2n) is 4.15. The van der Waals surface area contributed by atoms with Gasteiger partial charge in [0.1, 0.15) is 17.2 Å². The van der Waals surface area contributed by atoms with Crippen molar-refractivity contribution in [2.24, 2.45) is 0 Å². The van der Waals surface area contributed by atoms with Gasteiger partial charge >= 0.3 is 0 Å². The molecule has 2 N–H and O–H groups in total. The van der Waals surface area contributed by atoms with Crippen molar-refractivity contribution in [2.75, 3.05) is 5.32 Å². The normalized spacial score (nSPS) is 11.0. The van der Waals surface area contributed by atoms with Crippen LogP contribution in [-0.4, -0.2) is 19.9 Å². The molecule has 0 saturated carbocycles. The first-order valence-electron chi connectivity index (χ1n) is 5.64. The lowest BCUT2D eigenvalue weighted by atomic mass is 10.2. The van der Waals surface area contributed by atoms with E-state index in [1.54, 1.807) is 0 Å². The van der Waals surface area contributed by atoms with Gasteiger partial charge in [0.15, 0.2) is 11.5 Å². The average molecular weight is 296 g/mol. The Morgan fingerprint density at radius 1 is 1.20 bits per heavy atom. The molecule has 0 saturated heterocycles. The number of halogens is 3. The molecular weight excluding hydrogens is 288 g/mol. The van der Waals surface area contributed by atoms with Gasteiger partial charge in [-0.2, -0.15) is 9.97 Å². The Bertz CT molecular complexity index is 802. The fourth-order valence-electron chi connectivity index (χ4n) is 1.77. The molecule has 2 aromatic heterocycles. The summed E-state index contributed by atoms with van der Waals surface area (Å²) in [5.41, 5.74) is 0.967. The van der Waals surface area contributed by atoms with Crippen molar-refractivity contribution in [3.63, 3.8) is 0 Å². The van der Waals surface area contributed by atoms with Crippen molar-refractivity contribution in [3.8, 4) is 0 Å². The zero-order chi connectivity index (χ0) is 14.3. The second kappa shape index (κ2) is 4.68. The zero-order valence-corrected chi connectivity index (χ0v) is 11.0. The molecule has 3 aromatic rings. The summed E-state index contributed by atoms with van der Waals surface area (Å²) in [6.07, 6.45) is 1.41. The predicted octanol–water partition coefficient (Wildman–Crippen LogP) is 3.34. The van der Waals surface area contributed by atoms with E-state index in [9.17, 15) is 8.78 Å². The van der Waals surface area contributed by atoms with E-state index in [0.29, 0.717) is 11.2 Å². The molecule has 102 valence electrons. The number of fused-ring (bicyclic) bond motifs is 1. The Labute approximate surface area is 117 Å². The minimum atomic E-state index is -0.591. The molecule has 0 aliphatic carbocycles. The molecular formula is C12H8ClF2N5. The Hall–Kier alpha value is -2.28. The largest absolute Gasteiger partial charge is 0.340 e. The molecule has 5 nitrogen and oxygen atoms in total. The third-order valence-corrected chi connectivity index (χ3v) is 2.93. The maximum absolute atomic E-state index is 13.8. The number of benzene rings is 1. The van der Waals surface area contributed by atoms with Gasteiger partial charge in [0.05, 0.1) is 12.0 Å². The van der Waals surface area contributed by atoms with Gasteiger partial charge in [0.25, 0.3) is 0 Å². The number of imidazole rings is 1. The van der Waals surface area contributed by atoms with Crippen LogP contribution in [0.2, 0.25) is 5.28 Å². The molecule has 0 bridgehead atoms. The van der Waals surface area contributed by atoms with Crippen molar-refractivity contribution in [1.29, 1.82) is 0 Å². The van der Waals surface area contributed by atoms with Crippen LogP contribution in [0.1, 0.15) is 5.56 Å². The molecule has 0 aliphatic heterocycles. The van der Waals surface area contributed by atoms with E-state index in [1.165, 1.54) is 13.3 Å². The molecule has 3 rings (SSSR count). The topological polar surface area (TPSA) is 66.5 Å². The summed E-state index contributed by atoms with van der Waals surface area (Å²) in [6.45, 7) is 1.48. The summed E-state index contributed by atoms with van der Waals surface area (Å²) in [7, 11) is 0. The number of hydrogen-bond acceptors (Lipinski definition) is 4. The number of nitrogens with one attached hydrogen (secondary N) is 2. The van der Waals surface area contributed by atoms with Crippen molar-refractivity contribution in [2.45, 2.75) is 6.92 Å². The van der Waals surface area contributed by atoms with Crippen LogP contribution in [0.3, 0.4) is 0 Å². The van der Waals surface area contributed by atoms with Gasteiger partial charge in [0, 0.05) is 6.07 Å². The molecule has 0 spiro atoms. The third-order valence-electron chi connectivity index (χ3n) is 2.76. The molecule has 0 aliphatic rings.